The van der Waals surface area contributed by atoms with E-state index in [-0.39, 0.29) is 12.1 Å². The second kappa shape index (κ2) is 7.37. The molecule has 0 radical (unpaired) electrons. The van der Waals surface area contributed by atoms with Gasteiger partial charge < -0.3 is 14.7 Å². The summed E-state index contributed by atoms with van der Waals surface area (Å²) >= 11 is 0. The number of ether oxygens (including phenoxy) is 1. The van der Waals surface area contributed by atoms with Gasteiger partial charge in [0.25, 0.3) is 0 Å². The van der Waals surface area contributed by atoms with Crippen LogP contribution in [0, 0.1) is 11.6 Å². The van der Waals surface area contributed by atoms with Crippen LogP contribution in [0.3, 0.4) is 0 Å². The third kappa shape index (κ3) is 4.58. The van der Waals surface area contributed by atoms with Gasteiger partial charge in [-0.1, -0.05) is 0 Å². The Morgan fingerprint density at radius 3 is 2.21 bits per heavy atom. The quantitative estimate of drug-likeness (QED) is 0.846. The van der Waals surface area contributed by atoms with Crippen molar-refractivity contribution in [2.45, 2.75) is 51.8 Å². The first-order chi connectivity index (χ1) is 12.7. The monoisotopic (exact) mass is 398 g/mol. The van der Waals surface area contributed by atoms with Crippen LogP contribution in [0.5, 0.6) is 0 Å². The van der Waals surface area contributed by atoms with Gasteiger partial charge in [0.1, 0.15) is 29.3 Å². The molecule has 154 valence electrons. The maximum Gasteiger partial charge on any atom is 0.411 e. The Labute approximate surface area is 161 Å². The van der Waals surface area contributed by atoms with Gasteiger partial charge in [-0.15, -0.1) is 0 Å². The van der Waals surface area contributed by atoms with Crippen LogP contribution in [0.4, 0.5) is 13.6 Å². The van der Waals surface area contributed by atoms with E-state index in [4.69, 9.17) is 4.74 Å². The molecule has 0 spiro atoms. The van der Waals surface area contributed by atoms with Crippen molar-refractivity contribution < 1.29 is 33.0 Å². The number of piperazine rings is 1. The van der Waals surface area contributed by atoms with Crippen LogP contribution < -0.4 is 0 Å². The molecule has 2 rings (SSSR count). The molecule has 1 aromatic rings. The van der Waals surface area contributed by atoms with E-state index in [1.54, 1.807) is 20.8 Å². The van der Waals surface area contributed by atoms with Gasteiger partial charge in [-0.3, -0.25) is 14.5 Å². The molecular formula is C19H24F2N2O5. The summed E-state index contributed by atoms with van der Waals surface area (Å²) in [6.07, 6.45) is -0.775. The van der Waals surface area contributed by atoms with E-state index >= 15 is 0 Å². The molecule has 0 saturated carbocycles. The van der Waals surface area contributed by atoms with E-state index in [1.807, 2.05) is 0 Å². The second-order valence-corrected chi connectivity index (χ2v) is 8.20. The van der Waals surface area contributed by atoms with E-state index in [0.717, 1.165) is 21.9 Å². The first kappa shape index (κ1) is 21.6. The lowest BCUT2D eigenvalue weighted by molar-refractivity contribution is -0.159. The SMILES string of the molecule is CC(C)(C)OC(=O)N1C[C@H](c2cc(F)cc(F)c2)N(CC(=O)O)C(=O)C1(C)C. The van der Waals surface area contributed by atoms with Gasteiger partial charge in [-0.25, -0.2) is 13.6 Å². The fourth-order valence-corrected chi connectivity index (χ4v) is 3.11. The van der Waals surface area contributed by atoms with Gasteiger partial charge >= 0.3 is 12.1 Å². The Kier molecular flexibility index (Phi) is 5.68. The van der Waals surface area contributed by atoms with Gasteiger partial charge in [0.05, 0.1) is 6.04 Å². The van der Waals surface area contributed by atoms with Crippen LogP contribution in [0.15, 0.2) is 18.2 Å². The molecule has 1 saturated heterocycles. The van der Waals surface area contributed by atoms with Crippen molar-refractivity contribution >= 4 is 18.0 Å². The van der Waals surface area contributed by atoms with Crippen LogP contribution in [0.2, 0.25) is 0 Å². The molecule has 7 nitrogen and oxygen atoms in total. The fraction of sp³-hybridized carbons (Fsp3) is 0.526. The Hall–Kier alpha value is -2.71. The maximum absolute atomic E-state index is 13.7. The minimum absolute atomic E-state index is 0.0520. The predicted molar refractivity (Wildman–Crippen MR) is 95.5 cm³/mol. The summed E-state index contributed by atoms with van der Waals surface area (Å²) in [6, 6.07) is 1.66. The molecule has 1 atom stereocenters. The van der Waals surface area contributed by atoms with Crippen molar-refractivity contribution in [1.82, 2.24) is 9.80 Å². The highest BCUT2D eigenvalue weighted by Crippen LogP contribution is 2.35. The zero-order valence-electron chi connectivity index (χ0n) is 16.5. The lowest BCUT2D eigenvalue weighted by Crippen LogP contribution is -2.66. The average molecular weight is 398 g/mol. The fourth-order valence-electron chi connectivity index (χ4n) is 3.11. The lowest BCUT2D eigenvalue weighted by Gasteiger charge is -2.49. The molecule has 1 N–H and O–H groups in total. The molecule has 9 heteroatoms. The minimum Gasteiger partial charge on any atom is -0.480 e. The van der Waals surface area contributed by atoms with E-state index in [9.17, 15) is 28.3 Å². The molecule has 2 amide bonds. The van der Waals surface area contributed by atoms with Gasteiger partial charge in [-0.05, 0) is 52.3 Å². The van der Waals surface area contributed by atoms with Crippen molar-refractivity contribution in [1.29, 1.82) is 0 Å². The summed E-state index contributed by atoms with van der Waals surface area (Å²) < 4.78 is 32.8. The smallest absolute Gasteiger partial charge is 0.411 e. The van der Waals surface area contributed by atoms with Crippen LogP contribution >= 0.6 is 0 Å². The van der Waals surface area contributed by atoms with E-state index in [1.165, 1.54) is 13.8 Å². The number of hydrogen-bond donors (Lipinski definition) is 1. The number of carboxylic acid groups (broad SMARTS) is 1. The highest BCUT2D eigenvalue weighted by Gasteiger charge is 2.50. The molecule has 28 heavy (non-hydrogen) atoms. The number of carboxylic acids is 1. The first-order valence-electron chi connectivity index (χ1n) is 8.72. The van der Waals surface area contributed by atoms with Crippen molar-refractivity contribution in [2.75, 3.05) is 13.1 Å². The van der Waals surface area contributed by atoms with Crippen molar-refractivity contribution in [3.8, 4) is 0 Å². The molecule has 1 aliphatic rings. The average Bonchev–Trinajstić information content (AvgIpc) is 2.48. The molecule has 0 aliphatic carbocycles. The second-order valence-electron chi connectivity index (χ2n) is 8.20. The Morgan fingerprint density at radius 2 is 1.75 bits per heavy atom. The summed E-state index contributed by atoms with van der Waals surface area (Å²) in [7, 11) is 0. The van der Waals surface area contributed by atoms with Crippen LogP contribution in [-0.2, 0) is 14.3 Å². The first-order valence-corrected chi connectivity index (χ1v) is 8.72. The minimum atomic E-state index is -1.40. The Morgan fingerprint density at radius 1 is 1.21 bits per heavy atom. The number of amides is 2. The number of aliphatic carboxylic acids is 1. The van der Waals surface area contributed by atoms with E-state index in [2.05, 4.69) is 0 Å². The number of rotatable bonds is 3. The zero-order valence-corrected chi connectivity index (χ0v) is 16.5. The van der Waals surface area contributed by atoms with Gasteiger partial charge in [0.2, 0.25) is 5.91 Å². The summed E-state index contributed by atoms with van der Waals surface area (Å²) in [6.45, 7) is 7.09. The van der Waals surface area contributed by atoms with Crippen LogP contribution in [-0.4, -0.2) is 57.1 Å². The largest absolute Gasteiger partial charge is 0.480 e. The molecular weight excluding hydrogens is 374 g/mol. The Bertz CT molecular complexity index is 784. The van der Waals surface area contributed by atoms with Gasteiger partial charge in [0, 0.05) is 12.6 Å². The lowest BCUT2D eigenvalue weighted by atomic mass is 9.91. The number of hydrogen-bond acceptors (Lipinski definition) is 4. The maximum atomic E-state index is 13.7. The molecule has 1 heterocycles. The summed E-state index contributed by atoms with van der Waals surface area (Å²) in [5.74, 6) is -3.68. The highest BCUT2D eigenvalue weighted by molar-refractivity contribution is 5.92. The number of nitrogens with zero attached hydrogens (tertiary/aromatic N) is 2. The normalized spacial score (nSPS) is 19.5. The standard InChI is InChI=1S/C19H24F2N2O5/c1-18(2,3)28-17(27)23-9-14(11-6-12(20)8-13(21)7-11)22(10-15(24)25)16(26)19(23,4)5/h6-8,14H,9-10H2,1-5H3,(H,24,25)/t14-/m1/s1. The van der Waals surface area contributed by atoms with Crippen molar-refractivity contribution in [2.24, 2.45) is 0 Å². The molecule has 1 fully saturated rings. The van der Waals surface area contributed by atoms with Crippen LogP contribution in [0.1, 0.15) is 46.2 Å². The predicted octanol–water partition coefficient (Wildman–Crippen LogP) is 2.95. The highest BCUT2D eigenvalue weighted by atomic mass is 19.1. The molecule has 0 bridgehead atoms. The van der Waals surface area contributed by atoms with Crippen molar-refractivity contribution in [3.63, 3.8) is 0 Å². The Balaban J connectivity index is 2.51. The molecule has 1 aromatic carbocycles. The third-order valence-electron chi connectivity index (χ3n) is 4.38. The number of benzene rings is 1. The molecule has 1 aliphatic heterocycles. The third-order valence-corrected chi connectivity index (χ3v) is 4.38. The van der Waals surface area contributed by atoms with E-state index < -0.39 is 53.3 Å². The molecule has 0 unspecified atom stereocenters. The topological polar surface area (TPSA) is 87.2 Å². The zero-order chi connectivity index (χ0) is 21.4. The molecule has 0 aromatic heterocycles. The number of carbonyl (C=O) groups excluding carboxylic acids is 2. The van der Waals surface area contributed by atoms with Gasteiger partial charge in [-0.2, -0.15) is 0 Å². The van der Waals surface area contributed by atoms with Crippen molar-refractivity contribution in [3.05, 3.63) is 35.4 Å². The number of halogens is 2. The van der Waals surface area contributed by atoms with Crippen LogP contribution in [0.25, 0.3) is 0 Å². The van der Waals surface area contributed by atoms with E-state index in [0.29, 0.717) is 6.07 Å². The summed E-state index contributed by atoms with van der Waals surface area (Å²) in [4.78, 5) is 39.2. The summed E-state index contributed by atoms with van der Waals surface area (Å²) in [5, 5.41) is 9.21. The number of carbonyl (C=O) groups is 3. The van der Waals surface area contributed by atoms with Gasteiger partial charge in [0.15, 0.2) is 0 Å². The summed E-state index contributed by atoms with van der Waals surface area (Å²) in [5.41, 5.74) is -2.18.